The second-order valence-electron chi connectivity index (χ2n) is 7.38. The van der Waals surface area contributed by atoms with Crippen LogP contribution in [0, 0.1) is 12.0 Å². The number of unbranched alkanes of at least 4 members (excludes halogenated alkanes) is 8. The molecule has 1 N–H and O–H groups in total. The minimum absolute atomic E-state index is 0. The Morgan fingerprint density at radius 2 is 1.31 bits per heavy atom. The summed E-state index contributed by atoms with van der Waals surface area (Å²) < 4.78 is 0. The fourth-order valence-corrected chi connectivity index (χ4v) is 2.76. The number of carbonyl (C=O) groups excluding carboxylic acids is 1. The summed E-state index contributed by atoms with van der Waals surface area (Å²) in [5, 5.41) is 0. The summed E-state index contributed by atoms with van der Waals surface area (Å²) in [6, 6.07) is 0. The fraction of sp³-hybridized carbons (Fsp3) is 0.783. The average molecular weight is 628 g/mol. The average Bonchev–Trinajstić information content (AvgIpc) is 2.80. The predicted molar refractivity (Wildman–Crippen MR) is 120 cm³/mol. The molecular weight excluding hydrogens is 584 g/mol. The summed E-state index contributed by atoms with van der Waals surface area (Å²) in [5.74, 6) is 0.151. The molecule has 1 rings (SSSR count). The monoisotopic (exact) mass is 628 g/mol. The van der Waals surface area contributed by atoms with Crippen LogP contribution in [0.4, 0.5) is 0 Å². The minimum Gasteiger partial charge on any atom is -1.00 e. The third kappa shape index (κ3) is 26.6. The number of amides is 1. The van der Waals surface area contributed by atoms with Gasteiger partial charge in [0.25, 0.3) is 0 Å². The molecule has 1 atom stereocenters. The second-order valence-corrected chi connectivity index (χ2v) is 8.53. The molecule has 0 saturated heterocycles. The van der Waals surface area contributed by atoms with Gasteiger partial charge in [-0.15, -0.1) is 6.92 Å². The Morgan fingerprint density at radius 1 is 0.931 bits per heavy atom. The van der Waals surface area contributed by atoms with Gasteiger partial charge in [0.15, 0.2) is 0 Å². The van der Waals surface area contributed by atoms with Crippen LogP contribution in [-0.2, 0) is 30.6 Å². The molecule has 1 unspecified atom stereocenters. The molecule has 29 heavy (non-hydrogen) atoms. The van der Waals surface area contributed by atoms with Crippen molar-refractivity contribution in [3.63, 3.8) is 0 Å². The molecule has 0 fully saturated rings. The van der Waals surface area contributed by atoms with Crippen molar-refractivity contribution in [2.75, 3.05) is 0 Å². The van der Waals surface area contributed by atoms with Gasteiger partial charge in [0.05, 0.1) is 0 Å². The Hall–Kier alpha value is 0.617. The van der Waals surface area contributed by atoms with Crippen LogP contribution < -0.4 is 24.8 Å². The normalized spacial score (nSPS) is 14.0. The van der Waals surface area contributed by atoms with E-state index in [1.54, 1.807) is 0 Å². The quantitative estimate of drug-likeness (QED) is 0.207. The third-order valence-electron chi connectivity index (χ3n) is 4.74. The number of hydrogen-bond donors (Lipinski definition) is 0. The molecule has 0 heterocycles. The summed E-state index contributed by atoms with van der Waals surface area (Å²) in [7, 11) is 0.750. The molecule has 0 saturated carbocycles. The van der Waals surface area contributed by atoms with Gasteiger partial charge in [0.1, 0.15) is 0 Å². The molecule has 6 heteroatoms. The van der Waals surface area contributed by atoms with Crippen molar-refractivity contribution >= 4 is 15.4 Å². The number of rotatable bonds is 10. The van der Waals surface area contributed by atoms with Gasteiger partial charge in [0.2, 0.25) is 0 Å². The maximum atomic E-state index is 10.3. The molecule has 0 aliphatic heterocycles. The van der Waals surface area contributed by atoms with Crippen LogP contribution in [0.2, 0.25) is 13.1 Å². The first-order valence-corrected chi connectivity index (χ1v) is 12.9. The Balaban J connectivity index is -0.000000111. The number of halogens is 2. The Labute approximate surface area is 216 Å². The van der Waals surface area contributed by atoms with E-state index in [0.29, 0.717) is 12.3 Å². The van der Waals surface area contributed by atoms with E-state index in [9.17, 15) is 4.79 Å². The molecule has 0 aromatic rings. The van der Waals surface area contributed by atoms with E-state index in [0.717, 1.165) is 22.4 Å². The standard InChI is InChI=1S/C12H25NO.C9H13.C2H7Si.2ClH.Hf/c1-2-3-4-5-6-7-8-9-10-11-12(13)14;1-6-5-7(2)9(4)8(6)3;1-3-2;;;/h2-11H2,1H3,(H2,13,14);6H,1-4H3;3H,1-2H3;2*1H;/q;-1;;;;+4/p-3. The number of carbonyl (C=O) groups is 1. The van der Waals surface area contributed by atoms with Gasteiger partial charge in [-0.1, -0.05) is 98.1 Å². The van der Waals surface area contributed by atoms with E-state index in [1.807, 2.05) is 0 Å². The predicted octanol–water partition coefficient (Wildman–Crippen LogP) is 1.73. The van der Waals surface area contributed by atoms with Gasteiger partial charge >= 0.3 is 25.8 Å². The smallest absolute Gasteiger partial charge is 1.00 e. The summed E-state index contributed by atoms with van der Waals surface area (Å²) >= 11 is 0. The summed E-state index contributed by atoms with van der Waals surface area (Å²) in [4.78, 5) is 10.3. The van der Waals surface area contributed by atoms with E-state index in [-0.39, 0.29) is 50.7 Å². The van der Waals surface area contributed by atoms with Gasteiger partial charge in [0, 0.05) is 15.4 Å². The zero-order valence-corrected chi connectivity index (χ0v) is 26.1. The van der Waals surface area contributed by atoms with Gasteiger partial charge in [-0.25, -0.2) is 5.57 Å². The fourth-order valence-electron chi connectivity index (χ4n) is 2.76. The Bertz CT molecular complexity index is 429. The Morgan fingerprint density at radius 3 is 1.55 bits per heavy atom. The first-order chi connectivity index (χ1) is 12.3. The maximum absolute atomic E-state index is 10.3. The van der Waals surface area contributed by atoms with Crippen molar-refractivity contribution in [2.24, 2.45) is 5.92 Å². The van der Waals surface area contributed by atoms with Crippen molar-refractivity contribution in [1.29, 1.82) is 0 Å². The summed E-state index contributed by atoms with van der Waals surface area (Å²) in [5.41, 5.74) is 11.0. The van der Waals surface area contributed by atoms with Crippen molar-refractivity contribution in [2.45, 2.75) is 112 Å². The first-order valence-electron chi connectivity index (χ1n) is 10.6. The molecule has 1 radical (unpaired) electrons. The van der Waals surface area contributed by atoms with Crippen molar-refractivity contribution < 1.29 is 55.5 Å². The number of hydrogen-bond acceptors (Lipinski definition) is 1. The van der Waals surface area contributed by atoms with E-state index >= 15 is 0 Å². The zero-order valence-electron chi connectivity index (χ0n) is 19.9. The van der Waals surface area contributed by atoms with Crippen LogP contribution in [0.1, 0.15) is 98.8 Å². The molecule has 2 nitrogen and oxygen atoms in total. The minimum atomic E-state index is -0.409. The molecule has 0 aromatic carbocycles. The van der Waals surface area contributed by atoms with Gasteiger partial charge in [-0.05, 0) is 12.8 Å². The van der Waals surface area contributed by atoms with Crippen molar-refractivity contribution in [3.8, 4) is 0 Å². The van der Waals surface area contributed by atoms with Gasteiger partial charge < -0.3 is 35.3 Å². The van der Waals surface area contributed by atoms with Crippen molar-refractivity contribution in [3.05, 3.63) is 28.5 Å². The summed E-state index contributed by atoms with van der Waals surface area (Å²) in [6.07, 6.45) is 15.2. The largest absolute Gasteiger partial charge is 4.00 e. The topological polar surface area (TPSA) is 40.9 Å². The molecule has 169 valence electrons. The van der Waals surface area contributed by atoms with Crippen LogP contribution in [0.5, 0.6) is 0 Å². The maximum Gasteiger partial charge on any atom is 4.00 e. The molecule has 1 amide bonds. The third-order valence-corrected chi connectivity index (χ3v) is 4.74. The molecule has 0 aromatic heterocycles. The molecule has 1 aliphatic carbocycles. The van der Waals surface area contributed by atoms with E-state index in [1.165, 1.54) is 61.7 Å². The van der Waals surface area contributed by atoms with Crippen LogP contribution >= 0.6 is 0 Å². The molecule has 1 aliphatic rings. The van der Waals surface area contributed by atoms with Crippen molar-refractivity contribution in [1.82, 2.24) is 0 Å². The zero-order chi connectivity index (χ0) is 20.4. The van der Waals surface area contributed by atoms with Crippen LogP contribution in [-0.4, -0.2) is 15.4 Å². The number of allylic oxidation sites excluding steroid dienone is 4. The molecule has 0 bridgehead atoms. The van der Waals surface area contributed by atoms with Crippen LogP contribution in [0.3, 0.4) is 0 Å². The molecule has 0 spiro atoms. The van der Waals surface area contributed by atoms with Crippen LogP contribution in [0.15, 0.2) is 16.7 Å². The number of nitrogens with one attached hydrogen (secondary N) is 1. The van der Waals surface area contributed by atoms with Gasteiger partial charge in [-0.3, -0.25) is 6.08 Å². The van der Waals surface area contributed by atoms with E-state index in [4.69, 9.17) is 5.73 Å². The van der Waals surface area contributed by atoms with Crippen LogP contribution in [0.25, 0.3) is 5.73 Å². The SMILES string of the molecule is CC1=[C-]C(C)C(C)=C1C.CCCCCCCCCCCC([NH-])=O.C[SiH]C.[Cl-].[Cl-].[Hf+4]. The first kappa shape index (κ1) is 40.0. The molecular formula is C23H44Cl2HfNOSi. The second kappa shape index (κ2) is 28.6. The Kier molecular flexibility index (Phi) is 39.5. The summed E-state index contributed by atoms with van der Waals surface area (Å²) in [6.45, 7) is 15.3. The van der Waals surface area contributed by atoms with E-state index in [2.05, 4.69) is 53.8 Å². The van der Waals surface area contributed by atoms with E-state index < -0.39 is 5.91 Å². The van der Waals surface area contributed by atoms with Gasteiger partial charge in [-0.2, -0.15) is 11.1 Å².